The van der Waals surface area contributed by atoms with Crippen molar-refractivity contribution in [3.63, 3.8) is 0 Å². The number of rotatable bonds is 4. The Morgan fingerprint density at radius 3 is 2.48 bits per heavy atom. The molecule has 0 atom stereocenters. The second kappa shape index (κ2) is 8.66. The molecule has 3 aromatic heterocycles. The zero-order valence-corrected chi connectivity index (χ0v) is 21.2. The summed E-state index contributed by atoms with van der Waals surface area (Å²) in [6.07, 6.45) is 5.86. The van der Waals surface area contributed by atoms with E-state index in [2.05, 4.69) is 67.7 Å². The number of hydrogen-bond donors (Lipinski definition) is 0. The Bertz CT molecular complexity index is 1350. The molecule has 0 spiro atoms. The molecule has 2 aromatic carbocycles. The fourth-order valence-corrected chi connectivity index (χ4v) is 5.56. The predicted molar refractivity (Wildman–Crippen MR) is 127 cm³/mol. The Labute approximate surface area is 200 Å². The van der Waals surface area contributed by atoms with E-state index in [0.717, 1.165) is 16.2 Å². The van der Waals surface area contributed by atoms with Gasteiger partial charge in [0.2, 0.25) is 0 Å². The van der Waals surface area contributed by atoms with Crippen LogP contribution in [0.5, 0.6) is 0 Å². The number of pyridine rings is 1. The van der Waals surface area contributed by atoms with Crippen molar-refractivity contribution in [3.8, 4) is 17.1 Å². The van der Waals surface area contributed by atoms with E-state index in [1.807, 2.05) is 36.7 Å². The zero-order valence-electron chi connectivity index (χ0n) is 18.0. The third-order valence-corrected chi connectivity index (χ3v) is 6.77. The molecule has 0 N–H and O–H groups in total. The van der Waals surface area contributed by atoms with E-state index in [1.54, 1.807) is 11.3 Å². The van der Waals surface area contributed by atoms with Gasteiger partial charge in [-0.25, -0.2) is 4.98 Å². The minimum atomic E-state index is 0. The molecule has 31 heavy (non-hydrogen) atoms. The molecule has 0 aliphatic rings. The van der Waals surface area contributed by atoms with Gasteiger partial charge in [-0.05, 0) is 41.2 Å². The van der Waals surface area contributed by atoms with Crippen LogP contribution in [0.4, 0.5) is 0 Å². The Balaban J connectivity index is 0.00000231. The molecule has 0 unspecified atom stereocenters. The van der Waals surface area contributed by atoms with Gasteiger partial charge in [-0.3, -0.25) is 4.98 Å². The first-order valence-corrected chi connectivity index (χ1v) is 11.2. The maximum Gasteiger partial charge on any atom is 0.124 e. The second-order valence-corrected chi connectivity index (χ2v) is 9.27. The minimum absolute atomic E-state index is 0. The van der Waals surface area contributed by atoms with Gasteiger partial charge >= 0.3 is 0 Å². The number of imidazole rings is 1. The molecule has 5 rings (SSSR count). The Hall–Kier alpha value is -2.33. The van der Waals surface area contributed by atoms with Crippen LogP contribution in [0.3, 0.4) is 0 Å². The van der Waals surface area contributed by atoms with Crippen LogP contribution in [-0.2, 0) is 20.1 Å². The summed E-state index contributed by atoms with van der Waals surface area (Å²) in [6.45, 7) is 9.11. The molecule has 3 heterocycles. The van der Waals surface area contributed by atoms with Gasteiger partial charge in [-0.15, -0.1) is 47.2 Å². The van der Waals surface area contributed by atoms with Crippen LogP contribution in [0.1, 0.15) is 50.7 Å². The van der Waals surface area contributed by atoms with Gasteiger partial charge in [-0.1, -0.05) is 27.7 Å². The zero-order chi connectivity index (χ0) is 20.8. The average Bonchev–Trinajstić information content (AvgIpc) is 3.37. The van der Waals surface area contributed by atoms with Crippen molar-refractivity contribution in [2.75, 3.05) is 0 Å². The molecule has 0 amide bonds. The van der Waals surface area contributed by atoms with Gasteiger partial charge < -0.3 is 4.57 Å². The number of nitrogens with zero attached hydrogens (tertiary/aromatic N) is 3. The SMILES string of the molecule is CC(C)c1cc2c(sc3ncccc32)c(C(C)C)c1-n1ccnc1-c1[c-]cccc1.[Ir]. The van der Waals surface area contributed by atoms with Gasteiger partial charge in [0.1, 0.15) is 4.83 Å². The smallest absolute Gasteiger partial charge is 0.124 e. The summed E-state index contributed by atoms with van der Waals surface area (Å²) in [7, 11) is 0. The summed E-state index contributed by atoms with van der Waals surface area (Å²) in [5.41, 5.74) is 4.97. The van der Waals surface area contributed by atoms with E-state index in [1.165, 1.54) is 32.3 Å². The van der Waals surface area contributed by atoms with E-state index in [0.29, 0.717) is 11.8 Å². The third-order valence-electron chi connectivity index (χ3n) is 5.61. The largest absolute Gasteiger partial charge is 0.339 e. The monoisotopic (exact) mass is 603 g/mol. The van der Waals surface area contributed by atoms with Crippen LogP contribution >= 0.6 is 11.3 Å². The van der Waals surface area contributed by atoms with Gasteiger partial charge in [-0.2, -0.15) is 0 Å². The van der Waals surface area contributed by atoms with E-state index in [9.17, 15) is 0 Å². The van der Waals surface area contributed by atoms with Crippen LogP contribution in [0.15, 0.2) is 61.1 Å². The second-order valence-electron chi connectivity index (χ2n) is 8.27. The molecule has 0 fully saturated rings. The molecule has 0 bridgehead atoms. The topological polar surface area (TPSA) is 30.7 Å². The fraction of sp³-hybridized carbons (Fsp3) is 0.231. The summed E-state index contributed by atoms with van der Waals surface area (Å²) in [4.78, 5) is 10.5. The summed E-state index contributed by atoms with van der Waals surface area (Å²) < 4.78 is 3.59. The molecule has 0 saturated carbocycles. The van der Waals surface area contributed by atoms with Crippen LogP contribution in [0.25, 0.3) is 37.4 Å². The predicted octanol–water partition coefficient (Wildman–Crippen LogP) is 7.35. The van der Waals surface area contributed by atoms with Gasteiger partial charge in [0.25, 0.3) is 0 Å². The van der Waals surface area contributed by atoms with Crippen molar-refractivity contribution in [2.45, 2.75) is 39.5 Å². The average molecular weight is 603 g/mol. The molecule has 5 aromatic rings. The summed E-state index contributed by atoms with van der Waals surface area (Å²) in [5, 5.41) is 2.56. The van der Waals surface area contributed by atoms with Gasteiger partial charge in [0, 0.05) is 59.9 Å². The maximum atomic E-state index is 4.71. The molecule has 159 valence electrons. The summed E-state index contributed by atoms with van der Waals surface area (Å²) in [6, 6.07) is 18.0. The van der Waals surface area contributed by atoms with E-state index in [-0.39, 0.29) is 20.1 Å². The van der Waals surface area contributed by atoms with Crippen molar-refractivity contribution in [3.05, 3.63) is 78.2 Å². The third kappa shape index (κ3) is 3.65. The summed E-state index contributed by atoms with van der Waals surface area (Å²) >= 11 is 1.80. The van der Waals surface area contributed by atoms with Gasteiger partial charge in [0.15, 0.2) is 0 Å². The number of benzene rings is 2. The minimum Gasteiger partial charge on any atom is -0.339 e. The number of hydrogen-bond acceptors (Lipinski definition) is 3. The Morgan fingerprint density at radius 1 is 0.935 bits per heavy atom. The van der Waals surface area contributed by atoms with E-state index in [4.69, 9.17) is 4.98 Å². The van der Waals surface area contributed by atoms with Crippen LogP contribution < -0.4 is 0 Å². The van der Waals surface area contributed by atoms with E-state index >= 15 is 0 Å². The van der Waals surface area contributed by atoms with E-state index < -0.39 is 0 Å². The fourth-order valence-electron chi connectivity index (χ4n) is 4.24. The van der Waals surface area contributed by atoms with Crippen molar-refractivity contribution >= 4 is 31.6 Å². The Morgan fingerprint density at radius 2 is 1.77 bits per heavy atom. The number of thiophene rings is 1. The molecule has 5 heteroatoms. The number of aromatic nitrogens is 3. The molecule has 0 saturated heterocycles. The van der Waals surface area contributed by atoms with Crippen molar-refractivity contribution in [1.29, 1.82) is 0 Å². The molecular weight excluding hydrogens is 579 g/mol. The van der Waals surface area contributed by atoms with Crippen molar-refractivity contribution in [2.24, 2.45) is 0 Å². The normalized spacial score (nSPS) is 11.5. The Kier molecular flexibility index (Phi) is 6.11. The van der Waals surface area contributed by atoms with Crippen LogP contribution in [0.2, 0.25) is 0 Å². The molecular formula is C26H24IrN3S-. The van der Waals surface area contributed by atoms with Crippen LogP contribution in [-0.4, -0.2) is 14.5 Å². The first kappa shape index (κ1) is 21.9. The standard InChI is InChI=1S/C26H24N3S.Ir/c1-16(2)20-15-21-19-11-8-12-28-26(19)30-24(21)22(17(3)4)23(20)29-14-13-27-25(29)18-9-6-5-7-10-18;/h5-9,11-17H,1-4H3;/q-1;. The maximum absolute atomic E-state index is 4.71. The molecule has 0 aliphatic carbocycles. The van der Waals surface area contributed by atoms with Crippen LogP contribution in [0, 0.1) is 6.07 Å². The molecule has 0 aliphatic heterocycles. The quantitative estimate of drug-likeness (QED) is 0.202. The first-order chi connectivity index (χ1) is 14.6. The summed E-state index contributed by atoms with van der Waals surface area (Å²) in [5.74, 6) is 1.67. The van der Waals surface area contributed by atoms with Gasteiger partial charge in [0.05, 0.1) is 5.82 Å². The van der Waals surface area contributed by atoms with Crippen molar-refractivity contribution < 1.29 is 20.1 Å². The first-order valence-electron chi connectivity index (χ1n) is 10.4. The molecule has 1 radical (unpaired) electrons. The number of fused-ring (bicyclic) bond motifs is 3. The molecule has 3 nitrogen and oxygen atoms in total. The van der Waals surface area contributed by atoms with Crippen molar-refractivity contribution in [1.82, 2.24) is 14.5 Å².